The molecule has 0 aliphatic carbocycles. The average molecular weight is 287 g/mol. The summed E-state index contributed by atoms with van der Waals surface area (Å²) < 4.78 is 28.1. The Balaban J connectivity index is 2.16. The molecule has 1 aromatic heterocycles. The molecule has 1 aliphatic rings. The van der Waals surface area contributed by atoms with Gasteiger partial charge in [0.25, 0.3) is 0 Å². The van der Waals surface area contributed by atoms with Gasteiger partial charge in [-0.25, -0.2) is 8.42 Å². The second-order valence-corrected chi connectivity index (χ2v) is 6.83. The van der Waals surface area contributed by atoms with Crippen LogP contribution in [0, 0.1) is 0 Å². The molecule has 0 aromatic carbocycles. The van der Waals surface area contributed by atoms with E-state index in [4.69, 9.17) is 5.11 Å². The first-order valence-corrected chi connectivity index (χ1v) is 7.94. The van der Waals surface area contributed by atoms with Crippen LogP contribution in [-0.2, 0) is 17.1 Å². The normalized spacial score (nSPS) is 20.3. The molecule has 1 aliphatic heterocycles. The number of aryl methyl sites for hydroxylation is 1. The second-order valence-electron chi connectivity index (χ2n) is 4.89. The molecule has 0 spiro atoms. The van der Waals surface area contributed by atoms with Crippen molar-refractivity contribution in [2.75, 3.05) is 26.2 Å². The van der Waals surface area contributed by atoms with E-state index in [1.165, 1.54) is 4.31 Å². The molecule has 1 aromatic rings. The number of sulfonamides is 1. The number of aliphatic hydroxyl groups excluding tert-OH is 1. The zero-order valence-electron chi connectivity index (χ0n) is 11.1. The molecule has 19 heavy (non-hydrogen) atoms. The monoisotopic (exact) mass is 287 g/mol. The van der Waals surface area contributed by atoms with Gasteiger partial charge in [-0.3, -0.25) is 0 Å². The van der Waals surface area contributed by atoms with Gasteiger partial charge in [0, 0.05) is 38.6 Å². The number of hydrogen-bond acceptors (Lipinski definition) is 4. The Labute approximate surface area is 114 Å². The minimum atomic E-state index is -3.52. The highest BCUT2D eigenvalue weighted by Gasteiger charge is 2.28. The maximum atomic E-state index is 12.5. The summed E-state index contributed by atoms with van der Waals surface area (Å²) in [5, 5.41) is 12.4. The smallest absolute Gasteiger partial charge is 0.244 e. The van der Waals surface area contributed by atoms with Crippen molar-refractivity contribution in [3.8, 4) is 0 Å². The Morgan fingerprint density at radius 1 is 1.58 bits per heavy atom. The molecule has 6 nitrogen and oxygen atoms in total. The minimum absolute atomic E-state index is 0.134. The van der Waals surface area contributed by atoms with Gasteiger partial charge in [-0.1, -0.05) is 0 Å². The van der Waals surface area contributed by atoms with E-state index in [1.54, 1.807) is 30.1 Å². The van der Waals surface area contributed by atoms with Crippen molar-refractivity contribution < 1.29 is 13.5 Å². The molecule has 0 amide bonds. The van der Waals surface area contributed by atoms with Crippen molar-refractivity contribution in [1.82, 2.24) is 14.2 Å². The summed E-state index contributed by atoms with van der Waals surface area (Å²) in [5.74, 6) is 0. The Hall–Kier alpha value is -0.890. The molecular weight excluding hydrogens is 266 g/mol. The Bertz CT molecular complexity index is 506. The van der Waals surface area contributed by atoms with Gasteiger partial charge in [-0.15, -0.1) is 0 Å². The number of aromatic nitrogens is 1. The molecule has 1 saturated heterocycles. The first kappa shape index (κ1) is 14.5. The van der Waals surface area contributed by atoms with Crippen molar-refractivity contribution >= 4 is 10.0 Å². The van der Waals surface area contributed by atoms with Crippen LogP contribution >= 0.6 is 0 Å². The SMILES string of the molecule is Cn1ccc(S(=O)(=O)N(CCO)CC2CCCN2)c1. The van der Waals surface area contributed by atoms with Gasteiger partial charge in [0.1, 0.15) is 0 Å². The Kier molecular flexibility index (Phi) is 4.62. The van der Waals surface area contributed by atoms with Crippen molar-refractivity contribution in [3.05, 3.63) is 18.5 Å². The number of nitrogens with zero attached hydrogens (tertiary/aromatic N) is 2. The third kappa shape index (κ3) is 3.36. The molecule has 7 heteroatoms. The fourth-order valence-electron chi connectivity index (χ4n) is 2.36. The zero-order valence-corrected chi connectivity index (χ0v) is 11.9. The van der Waals surface area contributed by atoms with Gasteiger partial charge in [0.05, 0.1) is 11.5 Å². The molecule has 0 saturated carbocycles. The summed E-state index contributed by atoms with van der Waals surface area (Å²) >= 11 is 0. The second kappa shape index (κ2) is 6.04. The van der Waals surface area contributed by atoms with Crippen molar-refractivity contribution in [3.63, 3.8) is 0 Å². The topological polar surface area (TPSA) is 74.6 Å². The van der Waals surface area contributed by atoms with Crippen LogP contribution in [0.1, 0.15) is 12.8 Å². The summed E-state index contributed by atoms with van der Waals surface area (Å²) in [5.41, 5.74) is 0. The lowest BCUT2D eigenvalue weighted by atomic mass is 10.2. The highest BCUT2D eigenvalue weighted by Crippen LogP contribution is 2.17. The van der Waals surface area contributed by atoms with Crippen LogP contribution in [0.4, 0.5) is 0 Å². The highest BCUT2D eigenvalue weighted by atomic mass is 32.2. The molecule has 108 valence electrons. The van der Waals surface area contributed by atoms with Crippen LogP contribution < -0.4 is 5.32 Å². The number of nitrogens with one attached hydrogen (secondary N) is 1. The predicted molar refractivity (Wildman–Crippen MR) is 72.3 cm³/mol. The van der Waals surface area contributed by atoms with Crippen molar-refractivity contribution in [1.29, 1.82) is 0 Å². The van der Waals surface area contributed by atoms with Crippen LogP contribution in [-0.4, -0.2) is 54.7 Å². The van der Waals surface area contributed by atoms with Gasteiger partial charge in [0.2, 0.25) is 10.0 Å². The lowest BCUT2D eigenvalue weighted by molar-refractivity contribution is 0.246. The minimum Gasteiger partial charge on any atom is -0.395 e. The van der Waals surface area contributed by atoms with Gasteiger partial charge in [0.15, 0.2) is 0 Å². The third-order valence-electron chi connectivity index (χ3n) is 3.38. The van der Waals surface area contributed by atoms with E-state index in [9.17, 15) is 8.42 Å². The molecule has 1 atom stereocenters. The zero-order chi connectivity index (χ0) is 13.9. The molecular formula is C12H21N3O3S. The van der Waals surface area contributed by atoms with Crippen LogP contribution in [0.25, 0.3) is 0 Å². The van der Waals surface area contributed by atoms with E-state index in [0.29, 0.717) is 6.54 Å². The lowest BCUT2D eigenvalue weighted by Gasteiger charge is -2.24. The quantitative estimate of drug-likeness (QED) is 0.757. The first-order chi connectivity index (χ1) is 9.04. The first-order valence-electron chi connectivity index (χ1n) is 6.50. The number of rotatable bonds is 6. The fourth-order valence-corrected chi connectivity index (χ4v) is 3.89. The van der Waals surface area contributed by atoms with E-state index in [2.05, 4.69) is 5.32 Å². The van der Waals surface area contributed by atoms with E-state index in [0.717, 1.165) is 19.4 Å². The molecule has 1 unspecified atom stereocenters. The van der Waals surface area contributed by atoms with Crippen LogP contribution in [0.15, 0.2) is 23.4 Å². The van der Waals surface area contributed by atoms with Gasteiger partial charge >= 0.3 is 0 Å². The number of hydrogen-bond donors (Lipinski definition) is 2. The van der Waals surface area contributed by atoms with Gasteiger partial charge < -0.3 is 15.0 Å². The summed E-state index contributed by atoms with van der Waals surface area (Å²) in [6, 6.07) is 1.77. The molecule has 1 fully saturated rings. The molecule has 2 N–H and O–H groups in total. The van der Waals surface area contributed by atoms with E-state index in [-0.39, 0.29) is 24.1 Å². The standard InChI is InChI=1S/C12H21N3O3S/c1-14-6-4-12(10-14)19(17,18)15(7-8-16)9-11-3-2-5-13-11/h4,6,10-11,13,16H,2-3,5,7-9H2,1H3. The highest BCUT2D eigenvalue weighted by molar-refractivity contribution is 7.89. The van der Waals surface area contributed by atoms with E-state index >= 15 is 0 Å². The summed E-state index contributed by atoms with van der Waals surface area (Å²) in [7, 11) is -1.73. The average Bonchev–Trinajstić information content (AvgIpc) is 3.00. The molecule has 2 heterocycles. The van der Waals surface area contributed by atoms with E-state index < -0.39 is 10.0 Å². The maximum absolute atomic E-state index is 12.5. The molecule has 0 radical (unpaired) electrons. The number of aliphatic hydroxyl groups is 1. The van der Waals surface area contributed by atoms with Gasteiger partial charge in [-0.2, -0.15) is 4.31 Å². The summed E-state index contributed by atoms with van der Waals surface area (Å²) in [6.45, 7) is 1.31. The lowest BCUT2D eigenvalue weighted by Crippen LogP contribution is -2.42. The largest absolute Gasteiger partial charge is 0.395 e. The Morgan fingerprint density at radius 2 is 2.37 bits per heavy atom. The fraction of sp³-hybridized carbons (Fsp3) is 0.667. The molecule has 0 bridgehead atoms. The maximum Gasteiger partial charge on any atom is 0.244 e. The van der Waals surface area contributed by atoms with Crippen LogP contribution in [0.3, 0.4) is 0 Å². The predicted octanol–water partition coefficient (Wildman–Crippen LogP) is -0.240. The van der Waals surface area contributed by atoms with Crippen molar-refractivity contribution in [2.45, 2.75) is 23.8 Å². The Morgan fingerprint density at radius 3 is 2.89 bits per heavy atom. The third-order valence-corrected chi connectivity index (χ3v) is 5.23. The van der Waals surface area contributed by atoms with Crippen molar-refractivity contribution in [2.24, 2.45) is 7.05 Å². The van der Waals surface area contributed by atoms with Crippen LogP contribution in [0.2, 0.25) is 0 Å². The van der Waals surface area contributed by atoms with E-state index in [1.807, 2.05) is 0 Å². The molecule has 2 rings (SSSR count). The van der Waals surface area contributed by atoms with Gasteiger partial charge in [-0.05, 0) is 25.5 Å². The summed E-state index contributed by atoms with van der Waals surface area (Å²) in [4.78, 5) is 0.279. The summed E-state index contributed by atoms with van der Waals surface area (Å²) in [6.07, 6.45) is 5.34. The van der Waals surface area contributed by atoms with Crippen LogP contribution in [0.5, 0.6) is 0 Å².